The van der Waals surface area contributed by atoms with E-state index in [1.807, 2.05) is 0 Å². The van der Waals surface area contributed by atoms with Gasteiger partial charge in [0.2, 0.25) is 0 Å². The van der Waals surface area contributed by atoms with Gasteiger partial charge in [0.05, 0.1) is 0 Å². The predicted molar refractivity (Wildman–Crippen MR) is 81.7 cm³/mol. The van der Waals surface area contributed by atoms with E-state index in [9.17, 15) is 0 Å². The summed E-state index contributed by atoms with van der Waals surface area (Å²) in [4.78, 5) is 7.16. The van der Waals surface area contributed by atoms with Gasteiger partial charge in [-0.05, 0) is 49.4 Å². The average molecular weight is 261 g/mol. The maximum Gasteiger partial charge on any atom is 0.129 e. The van der Waals surface area contributed by atoms with Crippen LogP contribution in [0.5, 0.6) is 0 Å². The van der Waals surface area contributed by atoms with Crippen molar-refractivity contribution < 1.29 is 0 Å². The SMILES string of the molecule is CCCNCc1cc(C(C)C)nc(N(C)C2CC2)c1. The first-order valence-electron chi connectivity index (χ1n) is 7.56. The topological polar surface area (TPSA) is 28.2 Å². The van der Waals surface area contributed by atoms with Crippen molar-refractivity contribution in [3.8, 4) is 0 Å². The van der Waals surface area contributed by atoms with Crippen molar-refractivity contribution in [2.45, 2.75) is 58.5 Å². The van der Waals surface area contributed by atoms with Gasteiger partial charge in [0.15, 0.2) is 0 Å². The molecule has 0 atom stereocenters. The molecule has 0 unspecified atom stereocenters. The van der Waals surface area contributed by atoms with Crippen LogP contribution in [0, 0.1) is 0 Å². The van der Waals surface area contributed by atoms with Gasteiger partial charge in [0.1, 0.15) is 5.82 Å². The minimum absolute atomic E-state index is 0.484. The van der Waals surface area contributed by atoms with Crippen LogP contribution < -0.4 is 10.2 Å². The number of nitrogens with one attached hydrogen (secondary N) is 1. The van der Waals surface area contributed by atoms with Gasteiger partial charge in [-0.1, -0.05) is 20.8 Å². The van der Waals surface area contributed by atoms with Gasteiger partial charge >= 0.3 is 0 Å². The Bertz CT molecular complexity index is 410. The Morgan fingerprint density at radius 2 is 2.11 bits per heavy atom. The van der Waals surface area contributed by atoms with E-state index in [2.05, 4.69) is 50.2 Å². The molecule has 3 heteroatoms. The molecule has 1 saturated carbocycles. The highest BCUT2D eigenvalue weighted by atomic mass is 15.2. The van der Waals surface area contributed by atoms with Crippen LogP contribution in [0.15, 0.2) is 12.1 Å². The summed E-state index contributed by atoms with van der Waals surface area (Å²) in [5.41, 5.74) is 2.56. The monoisotopic (exact) mass is 261 g/mol. The second-order valence-electron chi connectivity index (χ2n) is 5.93. The largest absolute Gasteiger partial charge is 0.357 e. The van der Waals surface area contributed by atoms with Crippen LogP contribution in [0.25, 0.3) is 0 Å². The Kier molecular flexibility index (Phi) is 4.81. The summed E-state index contributed by atoms with van der Waals surface area (Å²) < 4.78 is 0. The van der Waals surface area contributed by atoms with Crippen molar-refractivity contribution in [2.75, 3.05) is 18.5 Å². The zero-order valence-electron chi connectivity index (χ0n) is 12.7. The fourth-order valence-electron chi connectivity index (χ4n) is 2.23. The summed E-state index contributed by atoms with van der Waals surface area (Å²) in [5, 5.41) is 3.48. The Morgan fingerprint density at radius 1 is 1.37 bits per heavy atom. The van der Waals surface area contributed by atoms with Crippen molar-refractivity contribution in [3.05, 3.63) is 23.4 Å². The number of nitrogens with zero attached hydrogens (tertiary/aromatic N) is 2. The molecule has 0 bridgehead atoms. The molecular weight excluding hydrogens is 234 g/mol. The van der Waals surface area contributed by atoms with Crippen LogP contribution >= 0.6 is 0 Å². The quantitative estimate of drug-likeness (QED) is 0.763. The van der Waals surface area contributed by atoms with E-state index < -0.39 is 0 Å². The first-order valence-corrected chi connectivity index (χ1v) is 7.56. The van der Waals surface area contributed by atoms with Crippen LogP contribution in [0.2, 0.25) is 0 Å². The summed E-state index contributed by atoms with van der Waals surface area (Å²) in [6, 6.07) is 5.20. The van der Waals surface area contributed by atoms with Gasteiger partial charge in [-0.25, -0.2) is 4.98 Å². The lowest BCUT2D eigenvalue weighted by Gasteiger charge is -2.20. The number of aromatic nitrogens is 1. The molecule has 2 rings (SSSR count). The van der Waals surface area contributed by atoms with Crippen LogP contribution in [-0.2, 0) is 6.54 Å². The lowest BCUT2D eigenvalue weighted by molar-refractivity contribution is 0.672. The van der Waals surface area contributed by atoms with Gasteiger partial charge < -0.3 is 10.2 Å². The fraction of sp³-hybridized carbons (Fsp3) is 0.688. The van der Waals surface area contributed by atoms with Gasteiger partial charge in [0, 0.05) is 25.3 Å². The van der Waals surface area contributed by atoms with Gasteiger partial charge in [-0.2, -0.15) is 0 Å². The molecule has 0 aromatic carbocycles. The molecule has 0 saturated heterocycles. The third-order valence-corrected chi connectivity index (χ3v) is 3.69. The van der Waals surface area contributed by atoms with E-state index in [4.69, 9.17) is 4.98 Å². The van der Waals surface area contributed by atoms with Crippen molar-refractivity contribution in [2.24, 2.45) is 0 Å². The first kappa shape index (κ1) is 14.3. The maximum atomic E-state index is 4.82. The predicted octanol–water partition coefficient (Wildman–Crippen LogP) is 3.30. The highest BCUT2D eigenvalue weighted by Crippen LogP contribution is 2.30. The van der Waals surface area contributed by atoms with Crippen molar-refractivity contribution in [1.82, 2.24) is 10.3 Å². The molecule has 0 aliphatic heterocycles. The van der Waals surface area contributed by atoms with Crippen molar-refractivity contribution in [1.29, 1.82) is 0 Å². The molecule has 106 valence electrons. The second-order valence-corrected chi connectivity index (χ2v) is 5.93. The van der Waals surface area contributed by atoms with Crippen LogP contribution in [0.1, 0.15) is 57.2 Å². The second kappa shape index (κ2) is 6.38. The van der Waals surface area contributed by atoms with Gasteiger partial charge in [-0.15, -0.1) is 0 Å². The van der Waals surface area contributed by atoms with Crippen LogP contribution in [0.3, 0.4) is 0 Å². The summed E-state index contributed by atoms with van der Waals surface area (Å²) >= 11 is 0. The minimum atomic E-state index is 0.484. The molecule has 1 aromatic rings. The molecule has 1 fully saturated rings. The van der Waals surface area contributed by atoms with E-state index in [0.717, 1.165) is 18.9 Å². The van der Waals surface area contributed by atoms with E-state index in [-0.39, 0.29) is 0 Å². The first-order chi connectivity index (χ1) is 9.11. The molecule has 0 amide bonds. The highest BCUT2D eigenvalue weighted by Gasteiger charge is 2.27. The van der Waals surface area contributed by atoms with Crippen LogP contribution in [-0.4, -0.2) is 24.6 Å². The summed E-state index contributed by atoms with van der Waals surface area (Å²) in [6.07, 6.45) is 3.80. The van der Waals surface area contributed by atoms with Gasteiger partial charge in [-0.3, -0.25) is 0 Å². The summed E-state index contributed by atoms with van der Waals surface area (Å²) in [5.74, 6) is 1.62. The normalized spacial score (nSPS) is 15.0. The molecule has 1 N–H and O–H groups in total. The van der Waals surface area contributed by atoms with E-state index in [0.29, 0.717) is 12.0 Å². The standard InChI is InChI=1S/C16H27N3/c1-5-8-17-11-13-9-15(12(2)3)18-16(10-13)19(4)14-6-7-14/h9-10,12,14,17H,5-8,11H2,1-4H3. The Balaban J connectivity index is 2.16. The number of hydrogen-bond acceptors (Lipinski definition) is 3. The average Bonchev–Trinajstić information content (AvgIpc) is 3.22. The Hall–Kier alpha value is -1.09. The molecular formula is C16H27N3. The molecule has 0 spiro atoms. The fourth-order valence-corrected chi connectivity index (χ4v) is 2.23. The molecule has 1 aromatic heterocycles. The van der Waals surface area contributed by atoms with E-state index >= 15 is 0 Å². The number of hydrogen-bond donors (Lipinski definition) is 1. The zero-order chi connectivity index (χ0) is 13.8. The number of rotatable bonds is 7. The highest BCUT2D eigenvalue weighted by molar-refractivity contribution is 5.44. The van der Waals surface area contributed by atoms with Crippen molar-refractivity contribution in [3.63, 3.8) is 0 Å². The number of anilines is 1. The third kappa shape index (κ3) is 3.93. The molecule has 3 nitrogen and oxygen atoms in total. The lowest BCUT2D eigenvalue weighted by Crippen LogP contribution is -2.22. The third-order valence-electron chi connectivity index (χ3n) is 3.69. The summed E-state index contributed by atoms with van der Waals surface area (Å²) in [6.45, 7) is 8.65. The van der Waals surface area contributed by atoms with E-state index in [1.165, 1.54) is 30.5 Å². The molecule has 1 aliphatic rings. The maximum absolute atomic E-state index is 4.82. The minimum Gasteiger partial charge on any atom is -0.357 e. The number of pyridine rings is 1. The molecule has 1 heterocycles. The summed E-state index contributed by atoms with van der Waals surface area (Å²) in [7, 11) is 2.17. The molecule has 0 radical (unpaired) electrons. The Morgan fingerprint density at radius 3 is 2.68 bits per heavy atom. The molecule has 1 aliphatic carbocycles. The van der Waals surface area contributed by atoms with E-state index in [1.54, 1.807) is 0 Å². The zero-order valence-corrected chi connectivity index (χ0v) is 12.7. The lowest BCUT2D eigenvalue weighted by atomic mass is 10.1. The molecule has 19 heavy (non-hydrogen) atoms. The Labute approximate surface area is 117 Å². The van der Waals surface area contributed by atoms with Crippen LogP contribution in [0.4, 0.5) is 5.82 Å². The van der Waals surface area contributed by atoms with Crippen molar-refractivity contribution >= 4 is 5.82 Å². The smallest absolute Gasteiger partial charge is 0.129 e. The van der Waals surface area contributed by atoms with Gasteiger partial charge in [0.25, 0.3) is 0 Å².